The molecule has 0 atom stereocenters. The first-order valence-electron chi connectivity index (χ1n) is 4.87. The molecular formula is C11H7N5S. The van der Waals surface area contributed by atoms with E-state index >= 15 is 0 Å². The van der Waals surface area contributed by atoms with Gasteiger partial charge in [0.2, 0.25) is 5.78 Å². The molecule has 3 heterocycles. The second kappa shape index (κ2) is 3.57. The molecule has 3 rings (SSSR count). The summed E-state index contributed by atoms with van der Waals surface area (Å²) >= 11 is 1.43. The lowest BCUT2D eigenvalue weighted by Gasteiger charge is -1.99. The van der Waals surface area contributed by atoms with Crippen molar-refractivity contribution < 1.29 is 0 Å². The summed E-state index contributed by atoms with van der Waals surface area (Å²) in [6, 6.07) is 5.81. The highest BCUT2D eigenvalue weighted by Crippen LogP contribution is 2.27. The SMILES string of the molecule is N#Cc1ccc(-c2cnc3ncc(N)n3c2)s1. The number of hydrogen-bond donors (Lipinski definition) is 1. The zero-order valence-electron chi connectivity index (χ0n) is 8.66. The molecule has 0 saturated carbocycles. The van der Waals surface area contributed by atoms with E-state index in [9.17, 15) is 0 Å². The minimum atomic E-state index is 0.548. The summed E-state index contributed by atoms with van der Waals surface area (Å²) in [5.41, 5.74) is 6.69. The Kier molecular flexibility index (Phi) is 2.06. The summed E-state index contributed by atoms with van der Waals surface area (Å²) in [6.07, 6.45) is 5.17. The van der Waals surface area contributed by atoms with Crippen LogP contribution in [0.5, 0.6) is 0 Å². The Morgan fingerprint density at radius 1 is 1.29 bits per heavy atom. The van der Waals surface area contributed by atoms with Crippen molar-refractivity contribution >= 4 is 22.9 Å². The smallest absolute Gasteiger partial charge is 0.235 e. The van der Waals surface area contributed by atoms with Crippen LogP contribution in [0, 0.1) is 11.3 Å². The highest BCUT2D eigenvalue weighted by atomic mass is 32.1. The molecule has 0 fully saturated rings. The molecule has 0 saturated heterocycles. The number of nitrogens with two attached hydrogens (primary N) is 1. The summed E-state index contributed by atoms with van der Waals surface area (Å²) in [4.78, 5) is 9.93. The molecule has 2 N–H and O–H groups in total. The number of thiophene rings is 1. The summed E-state index contributed by atoms with van der Waals surface area (Å²) in [5, 5.41) is 8.79. The highest BCUT2D eigenvalue weighted by molar-refractivity contribution is 7.16. The van der Waals surface area contributed by atoms with E-state index in [0.29, 0.717) is 16.5 Å². The maximum Gasteiger partial charge on any atom is 0.235 e. The van der Waals surface area contributed by atoms with Gasteiger partial charge in [0.15, 0.2) is 0 Å². The normalized spacial score (nSPS) is 10.5. The molecule has 0 aromatic carbocycles. The van der Waals surface area contributed by atoms with Crippen LogP contribution in [0.2, 0.25) is 0 Å². The molecule has 0 bridgehead atoms. The van der Waals surface area contributed by atoms with E-state index in [1.165, 1.54) is 11.3 Å². The van der Waals surface area contributed by atoms with E-state index in [1.807, 2.05) is 12.3 Å². The first kappa shape index (κ1) is 9.81. The fourth-order valence-corrected chi connectivity index (χ4v) is 2.35. The number of fused-ring (bicyclic) bond motifs is 1. The largest absolute Gasteiger partial charge is 0.383 e. The Balaban J connectivity index is 2.17. The molecule has 0 aliphatic rings. The summed E-state index contributed by atoms with van der Waals surface area (Å²) in [7, 11) is 0. The van der Waals surface area contributed by atoms with Crippen LogP contribution in [-0.4, -0.2) is 14.4 Å². The van der Waals surface area contributed by atoms with Crippen LogP contribution in [-0.2, 0) is 0 Å². The van der Waals surface area contributed by atoms with Gasteiger partial charge in [0.25, 0.3) is 0 Å². The van der Waals surface area contributed by atoms with E-state index in [2.05, 4.69) is 16.0 Å². The lowest BCUT2D eigenvalue weighted by molar-refractivity contribution is 1.12. The van der Waals surface area contributed by atoms with Gasteiger partial charge in [-0.1, -0.05) is 0 Å². The Labute approximate surface area is 101 Å². The number of rotatable bonds is 1. The first-order chi connectivity index (χ1) is 8.28. The van der Waals surface area contributed by atoms with Crippen LogP contribution in [0.15, 0.2) is 30.7 Å². The molecule has 0 radical (unpaired) electrons. The van der Waals surface area contributed by atoms with Crippen LogP contribution in [0.4, 0.5) is 5.82 Å². The van der Waals surface area contributed by atoms with Gasteiger partial charge in [-0.25, -0.2) is 9.97 Å². The molecule has 3 aromatic heterocycles. The molecule has 82 valence electrons. The minimum Gasteiger partial charge on any atom is -0.383 e. The summed E-state index contributed by atoms with van der Waals surface area (Å²) in [5.74, 6) is 1.12. The molecule has 5 nitrogen and oxygen atoms in total. The number of nitrogens with zero attached hydrogens (tertiary/aromatic N) is 4. The van der Waals surface area contributed by atoms with Crippen molar-refractivity contribution in [3.8, 4) is 16.5 Å². The van der Waals surface area contributed by atoms with Gasteiger partial charge in [-0.3, -0.25) is 4.40 Å². The Bertz CT molecular complexity index is 734. The van der Waals surface area contributed by atoms with Gasteiger partial charge in [-0.2, -0.15) is 5.26 Å². The van der Waals surface area contributed by atoms with Gasteiger partial charge < -0.3 is 5.73 Å². The number of hydrogen-bond acceptors (Lipinski definition) is 5. The number of aromatic nitrogens is 3. The fraction of sp³-hybridized carbons (Fsp3) is 0. The van der Waals surface area contributed by atoms with Crippen molar-refractivity contribution in [2.24, 2.45) is 0 Å². The average molecular weight is 241 g/mol. The molecular weight excluding hydrogens is 234 g/mol. The lowest BCUT2D eigenvalue weighted by atomic mass is 10.3. The Morgan fingerprint density at radius 2 is 2.12 bits per heavy atom. The van der Waals surface area contributed by atoms with E-state index in [0.717, 1.165) is 10.4 Å². The van der Waals surface area contributed by atoms with E-state index < -0.39 is 0 Å². The molecule has 0 unspecified atom stereocenters. The van der Waals surface area contributed by atoms with Gasteiger partial charge in [-0.15, -0.1) is 11.3 Å². The van der Waals surface area contributed by atoms with Crippen molar-refractivity contribution in [1.29, 1.82) is 5.26 Å². The van der Waals surface area contributed by atoms with Crippen LogP contribution in [0.3, 0.4) is 0 Å². The predicted octanol–water partition coefficient (Wildman–Crippen LogP) is 1.91. The highest BCUT2D eigenvalue weighted by Gasteiger charge is 2.06. The number of anilines is 1. The molecule has 0 spiro atoms. The third-order valence-electron chi connectivity index (χ3n) is 2.39. The van der Waals surface area contributed by atoms with Crippen LogP contribution in [0.25, 0.3) is 16.2 Å². The third kappa shape index (κ3) is 1.53. The number of imidazole rings is 1. The van der Waals surface area contributed by atoms with Crippen LogP contribution >= 0.6 is 11.3 Å². The Morgan fingerprint density at radius 3 is 2.88 bits per heavy atom. The standard InChI is InChI=1S/C11H7N5S/c12-3-8-1-2-9(17-8)7-4-14-11-15-5-10(13)16(11)6-7/h1-2,4-6H,13H2. The van der Waals surface area contributed by atoms with Gasteiger partial charge in [-0.05, 0) is 12.1 Å². The third-order valence-corrected chi connectivity index (χ3v) is 3.43. The van der Waals surface area contributed by atoms with Crippen LogP contribution < -0.4 is 5.73 Å². The molecule has 3 aromatic rings. The van der Waals surface area contributed by atoms with Gasteiger partial charge in [0.05, 0.1) is 6.20 Å². The van der Waals surface area contributed by atoms with Crippen molar-refractivity contribution in [3.63, 3.8) is 0 Å². The number of nitriles is 1. The molecule has 0 amide bonds. The quantitative estimate of drug-likeness (QED) is 0.705. The molecule has 0 aliphatic carbocycles. The first-order valence-corrected chi connectivity index (χ1v) is 5.68. The lowest BCUT2D eigenvalue weighted by Crippen LogP contribution is -1.94. The summed E-state index contributed by atoms with van der Waals surface area (Å²) in [6.45, 7) is 0. The average Bonchev–Trinajstić information content (AvgIpc) is 2.96. The fourth-order valence-electron chi connectivity index (χ4n) is 1.57. The number of nitrogen functional groups attached to an aromatic ring is 1. The maximum absolute atomic E-state index is 8.79. The van der Waals surface area contributed by atoms with Crippen molar-refractivity contribution in [2.75, 3.05) is 5.73 Å². The van der Waals surface area contributed by atoms with Crippen molar-refractivity contribution in [3.05, 3.63) is 35.6 Å². The molecule has 17 heavy (non-hydrogen) atoms. The maximum atomic E-state index is 8.79. The predicted molar refractivity (Wildman–Crippen MR) is 65.4 cm³/mol. The van der Waals surface area contributed by atoms with Crippen molar-refractivity contribution in [2.45, 2.75) is 0 Å². The topological polar surface area (TPSA) is 80.0 Å². The summed E-state index contributed by atoms with van der Waals surface area (Å²) < 4.78 is 1.72. The van der Waals surface area contributed by atoms with E-state index in [-0.39, 0.29) is 0 Å². The molecule has 0 aliphatic heterocycles. The molecule has 6 heteroatoms. The monoisotopic (exact) mass is 241 g/mol. The van der Waals surface area contributed by atoms with Crippen molar-refractivity contribution in [1.82, 2.24) is 14.4 Å². The zero-order valence-corrected chi connectivity index (χ0v) is 9.48. The second-order valence-corrected chi connectivity index (χ2v) is 4.56. The van der Waals surface area contributed by atoms with Gasteiger partial charge in [0, 0.05) is 22.8 Å². The van der Waals surface area contributed by atoms with E-state index in [1.54, 1.807) is 22.9 Å². The second-order valence-electron chi connectivity index (χ2n) is 3.47. The minimum absolute atomic E-state index is 0.548. The van der Waals surface area contributed by atoms with E-state index in [4.69, 9.17) is 11.0 Å². The zero-order chi connectivity index (χ0) is 11.8. The van der Waals surface area contributed by atoms with Gasteiger partial charge in [0.1, 0.15) is 16.8 Å². The van der Waals surface area contributed by atoms with Gasteiger partial charge >= 0.3 is 0 Å². The van der Waals surface area contributed by atoms with Crippen LogP contribution in [0.1, 0.15) is 4.88 Å². The Hall–Kier alpha value is -2.39.